The normalized spacial score (nSPS) is 11.1. The van der Waals surface area contributed by atoms with Gasteiger partial charge in [-0.1, -0.05) is 26.0 Å². The summed E-state index contributed by atoms with van der Waals surface area (Å²) in [6, 6.07) is 6.03. The number of benzene rings is 1. The molecule has 0 amide bonds. The van der Waals surface area contributed by atoms with Gasteiger partial charge in [0.15, 0.2) is 0 Å². The van der Waals surface area contributed by atoms with Gasteiger partial charge in [0.05, 0.1) is 11.4 Å². The van der Waals surface area contributed by atoms with E-state index in [0.717, 1.165) is 11.4 Å². The van der Waals surface area contributed by atoms with E-state index in [0.29, 0.717) is 5.92 Å². The summed E-state index contributed by atoms with van der Waals surface area (Å²) in [5.74, 6) is 0.447. The van der Waals surface area contributed by atoms with E-state index < -0.39 is 0 Å². The first-order chi connectivity index (χ1) is 6.70. The van der Waals surface area contributed by atoms with Crippen molar-refractivity contribution in [2.75, 3.05) is 0 Å². The fourth-order valence-electron chi connectivity index (χ4n) is 1.43. The first kappa shape index (κ1) is 10.6. The van der Waals surface area contributed by atoms with Gasteiger partial charge in [0, 0.05) is 6.21 Å². The third kappa shape index (κ3) is 2.08. The van der Waals surface area contributed by atoms with Gasteiger partial charge in [-0.25, -0.2) is 0 Å². The molecule has 0 aliphatic rings. The average molecular weight is 188 g/mol. The van der Waals surface area contributed by atoms with Crippen molar-refractivity contribution in [3.05, 3.63) is 23.8 Å². The Kier molecular flexibility index (Phi) is 3.57. The van der Waals surface area contributed by atoms with Crippen molar-refractivity contribution in [1.29, 1.82) is 0 Å². The maximum atomic E-state index is 4.26. The summed E-state index contributed by atoms with van der Waals surface area (Å²) >= 11 is 0. The molecule has 14 heavy (non-hydrogen) atoms. The molecule has 1 rings (SSSR count). The average Bonchev–Trinajstić information content (AvgIpc) is 2.18. The van der Waals surface area contributed by atoms with Gasteiger partial charge in [0.25, 0.3) is 0 Å². The Morgan fingerprint density at radius 1 is 1.36 bits per heavy atom. The van der Waals surface area contributed by atoms with Crippen LogP contribution >= 0.6 is 0 Å². The highest BCUT2D eigenvalue weighted by atomic mass is 14.8. The SMILES string of the molecule is C=Nc1c(N=CC)cccc1C(C)C. The number of aliphatic imine (C=N–C) groups is 2. The second-order valence-electron chi connectivity index (χ2n) is 3.42. The Morgan fingerprint density at radius 2 is 2.07 bits per heavy atom. The third-order valence-electron chi connectivity index (χ3n) is 2.09. The molecule has 0 spiro atoms. The minimum Gasteiger partial charge on any atom is -0.262 e. The molecule has 0 heterocycles. The lowest BCUT2D eigenvalue weighted by molar-refractivity contribution is 0.867. The van der Waals surface area contributed by atoms with E-state index in [9.17, 15) is 0 Å². The molecule has 0 saturated carbocycles. The molecule has 1 aromatic carbocycles. The second-order valence-corrected chi connectivity index (χ2v) is 3.42. The molecular weight excluding hydrogens is 172 g/mol. The van der Waals surface area contributed by atoms with Crippen LogP contribution in [0.4, 0.5) is 11.4 Å². The van der Waals surface area contributed by atoms with Crippen LogP contribution in [0.3, 0.4) is 0 Å². The summed E-state index contributed by atoms with van der Waals surface area (Å²) in [6.07, 6.45) is 1.77. The lowest BCUT2D eigenvalue weighted by Gasteiger charge is -2.10. The molecular formula is C12H16N2. The molecule has 0 unspecified atom stereocenters. The lowest BCUT2D eigenvalue weighted by Crippen LogP contribution is -1.87. The quantitative estimate of drug-likeness (QED) is 0.643. The van der Waals surface area contributed by atoms with E-state index in [2.05, 4.69) is 36.6 Å². The van der Waals surface area contributed by atoms with Gasteiger partial charge in [-0.05, 0) is 31.2 Å². The smallest absolute Gasteiger partial charge is 0.0913 e. The van der Waals surface area contributed by atoms with Gasteiger partial charge in [-0.15, -0.1) is 0 Å². The van der Waals surface area contributed by atoms with Crippen molar-refractivity contribution >= 4 is 24.3 Å². The van der Waals surface area contributed by atoms with Crippen molar-refractivity contribution in [3.63, 3.8) is 0 Å². The fourth-order valence-corrected chi connectivity index (χ4v) is 1.43. The fraction of sp³-hybridized carbons (Fsp3) is 0.333. The van der Waals surface area contributed by atoms with E-state index in [1.807, 2.05) is 19.1 Å². The van der Waals surface area contributed by atoms with Crippen LogP contribution in [-0.2, 0) is 0 Å². The monoisotopic (exact) mass is 188 g/mol. The van der Waals surface area contributed by atoms with E-state index in [1.165, 1.54) is 5.56 Å². The van der Waals surface area contributed by atoms with Crippen LogP contribution in [0.25, 0.3) is 0 Å². The number of nitrogens with zero attached hydrogens (tertiary/aromatic N) is 2. The van der Waals surface area contributed by atoms with Crippen molar-refractivity contribution in [2.45, 2.75) is 26.7 Å². The third-order valence-corrected chi connectivity index (χ3v) is 2.09. The van der Waals surface area contributed by atoms with Crippen LogP contribution < -0.4 is 0 Å². The summed E-state index contributed by atoms with van der Waals surface area (Å²) in [5.41, 5.74) is 3.00. The molecule has 0 aliphatic heterocycles. The predicted molar refractivity (Wildman–Crippen MR) is 63.6 cm³/mol. The first-order valence-corrected chi connectivity index (χ1v) is 4.79. The summed E-state index contributed by atoms with van der Waals surface area (Å²) < 4.78 is 0. The van der Waals surface area contributed by atoms with E-state index in [-0.39, 0.29) is 0 Å². The Balaban J connectivity index is 3.31. The second kappa shape index (κ2) is 4.70. The Bertz CT molecular complexity index is 351. The van der Waals surface area contributed by atoms with Crippen LogP contribution in [0.2, 0.25) is 0 Å². The van der Waals surface area contributed by atoms with E-state index in [1.54, 1.807) is 6.21 Å². The van der Waals surface area contributed by atoms with Crippen LogP contribution in [0, 0.1) is 0 Å². The van der Waals surface area contributed by atoms with Gasteiger partial charge < -0.3 is 0 Å². The molecule has 0 saturated heterocycles. The highest BCUT2D eigenvalue weighted by molar-refractivity contribution is 5.73. The zero-order valence-corrected chi connectivity index (χ0v) is 8.99. The molecule has 0 radical (unpaired) electrons. The Morgan fingerprint density at radius 3 is 2.57 bits per heavy atom. The van der Waals surface area contributed by atoms with Gasteiger partial charge >= 0.3 is 0 Å². The molecule has 2 heteroatoms. The van der Waals surface area contributed by atoms with Gasteiger partial charge in [-0.2, -0.15) is 0 Å². The molecule has 0 fully saturated rings. The number of hydrogen-bond acceptors (Lipinski definition) is 2. The highest BCUT2D eigenvalue weighted by Gasteiger charge is 2.08. The lowest BCUT2D eigenvalue weighted by atomic mass is 10.0. The molecule has 0 bridgehead atoms. The molecule has 0 aliphatic carbocycles. The van der Waals surface area contributed by atoms with Crippen LogP contribution in [0.15, 0.2) is 28.2 Å². The first-order valence-electron chi connectivity index (χ1n) is 4.79. The standard InChI is InChI=1S/C12H16N2/c1-5-14-11-8-6-7-10(9(2)3)12(11)13-4/h5-9H,4H2,1-3H3. The zero-order valence-electron chi connectivity index (χ0n) is 8.99. The zero-order chi connectivity index (χ0) is 10.6. The van der Waals surface area contributed by atoms with E-state index in [4.69, 9.17) is 0 Å². The van der Waals surface area contributed by atoms with Crippen LogP contribution in [-0.4, -0.2) is 12.9 Å². The largest absolute Gasteiger partial charge is 0.262 e. The van der Waals surface area contributed by atoms with Gasteiger partial charge in [0.1, 0.15) is 0 Å². The number of hydrogen-bond donors (Lipinski definition) is 0. The number of rotatable bonds is 3. The summed E-state index contributed by atoms with van der Waals surface area (Å²) in [5, 5.41) is 0. The maximum Gasteiger partial charge on any atom is 0.0913 e. The van der Waals surface area contributed by atoms with E-state index >= 15 is 0 Å². The molecule has 0 aromatic heterocycles. The van der Waals surface area contributed by atoms with Gasteiger partial charge in [-0.3, -0.25) is 9.98 Å². The maximum absolute atomic E-state index is 4.26. The molecule has 2 nitrogen and oxygen atoms in total. The molecule has 74 valence electrons. The Hall–Kier alpha value is -1.44. The number of para-hydroxylation sites is 1. The molecule has 0 atom stereocenters. The highest BCUT2D eigenvalue weighted by Crippen LogP contribution is 2.35. The van der Waals surface area contributed by atoms with Crippen molar-refractivity contribution in [2.24, 2.45) is 9.98 Å². The van der Waals surface area contributed by atoms with Crippen molar-refractivity contribution in [3.8, 4) is 0 Å². The summed E-state index contributed by atoms with van der Waals surface area (Å²) in [6.45, 7) is 9.78. The minimum absolute atomic E-state index is 0.447. The minimum atomic E-state index is 0.447. The summed E-state index contributed by atoms with van der Waals surface area (Å²) in [7, 11) is 0. The summed E-state index contributed by atoms with van der Waals surface area (Å²) in [4.78, 5) is 8.31. The van der Waals surface area contributed by atoms with Crippen LogP contribution in [0.5, 0.6) is 0 Å². The van der Waals surface area contributed by atoms with Crippen molar-refractivity contribution in [1.82, 2.24) is 0 Å². The van der Waals surface area contributed by atoms with Crippen LogP contribution in [0.1, 0.15) is 32.3 Å². The topological polar surface area (TPSA) is 24.7 Å². The Labute approximate surface area is 85.4 Å². The molecule has 0 N–H and O–H groups in total. The predicted octanol–water partition coefficient (Wildman–Crippen LogP) is 3.86. The van der Waals surface area contributed by atoms with Crippen molar-refractivity contribution < 1.29 is 0 Å². The van der Waals surface area contributed by atoms with Gasteiger partial charge in [0.2, 0.25) is 0 Å². The molecule has 1 aromatic rings.